The second kappa shape index (κ2) is 5.63. The van der Waals surface area contributed by atoms with Gasteiger partial charge >= 0.3 is 0 Å². The minimum absolute atomic E-state index is 0.166. The molecule has 0 bridgehead atoms. The first-order chi connectivity index (χ1) is 8.59. The molecule has 1 N–H and O–H groups in total. The number of fused-ring (bicyclic) bond motifs is 1. The van der Waals surface area contributed by atoms with E-state index < -0.39 is 10.8 Å². The van der Waals surface area contributed by atoms with Gasteiger partial charge in [-0.2, -0.15) is 0 Å². The molecule has 0 aliphatic rings. The summed E-state index contributed by atoms with van der Waals surface area (Å²) in [5.74, 6) is 1.00. The molecular weight excluding hydrogens is 246 g/mol. The molecule has 1 aromatic heterocycles. The Balaban J connectivity index is 2.04. The number of nitrogens with one attached hydrogen (secondary N) is 1. The Morgan fingerprint density at radius 1 is 1.44 bits per heavy atom. The van der Waals surface area contributed by atoms with E-state index in [0.29, 0.717) is 6.54 Å². The molecule has 0 radical (unpaired) electrons. The summed E-state index contributed by atoms with van der Waals surface area (Å²) in [6, 6.07) is 8.09. The second-order valence-electron chi connectivity index (χ2n) is 4.52. The quantitative estimate of drug-likeness (QED) is 0.889. The maximum Gasteiger partial charge on any atom is 0.123 e. The van der Waals surface area contributed by atoms with Gasteiger partial charge in [-0.05, 0) is 19.1 Å². The van der Waals surface area contributed by atoms with Crippen molar-refractivity contribution >= 4 is 21.8 Å². The first-order valence-electron chi connectivity index (χ1n) is 6.03. The molecule has 2 unspecified atom stereocenters. The highest BCUT2D eigenvalue weighted by Crippen LogP contribution is 2.13. The molecule has 1 aromatic carbocycles. The summed E-state index contributed by atoms with van der Waals surface area (Å²) in [7, 11) is 1.24. The van der Waals surface area contributed by atoms with Crippen LogP contribution in [0.2, 0.25) is 0 Å². The van der Waals surface area contributed by atoms with E-state index in [1.807, 2.05) is 32.2 Å². The van der Waals surface area contributed by atoms with Crippen molar-refractivity contribution in [1.29, 1.82) is 0 Å². The molecular formula is C13H19N3OS. The molecule has 1 heterocycles. The van der Waals surface area contributed by atoms with Gasteiger partial charge in [-0.1, -0.05) is 12.1 Å². The van der Waals surface area contributed by atoms with Crippen LogP contribution in [0.15, 0.2) is 24.3 Å². The number of rotatable bonds is 5. The highest BCUT2D eigenvalue weighted by atomic mass is 32.2. The van der Waals surface area contributed by atoms with E-state index >= 15 is 0 Å². The van der Waals surface area contributed by atoms with Gasteiger partial charge < -0.3 is 9.88 Å². The second-order valence-corrected chi connectivity index (χ2v) is 6.32. The lowest BCUT2D eigenvalue weighted by atomic mass is 10.3. The van der Waals surface area contributed by atoms with Gasteiger partial charge in [0.05, 0.1) is 17.6 Å². The first kappa shape index (κ1) is 13.2. The summed E-state index contributed by atoms with van der Waals surface area (Å²) in [6.07, 6.45) is 1.74. The van der Waals surface area contributed by atoms with Crippen molar-refractivity contribution in [3.05, 3.63) is 30.1 Å². The van der Waals surface area contributed by atoms with Gasteiger partial charge in [-0.15, -0.1) is 0 Å². The number of imidazole rings is 1. The third-order valence-electron chi connectivity index (χ3n) is 3.16. The molecule has 18 heavy (non-hydrogen) atoms. The molecule has 2 atom stereocenters. The van der Waals surface area contributed by atoms with Crippen LogP contribution in [0, 0.1) is 0 Å². The van der Waals surface area contributed by atoms with E-state index in [2.05, 4.69) is 20.9 Å². The number of aryl methyl sites for hydroxylation is 1. The SMILES string of the molecule is CC(CNCc1nc2ccccc2n1C)S(C)=O. The number of aromatic nitrogens is 2. The Hall–Kier alpha value is -1.20. The maximum absolute atomic E-state index is 11.2. The van der Waals surface area contributed by atoms with E-state index in [0.717, 1.165) is 23.4 Å². The molecule has 98 valence electrons. The number of para-hydroxylation sites is 2. The lowest BCUT2D eigenvalue weighted by Gasteiger charge is -2.09. The lowest BCUT2D eigenvalue weighted by molar-refractivity contribution is 0.624. The number of hydrogen-bond acceptors (Lipinski definition) is 3. The molecule has 5 heteroatoms. The zero-order valence-electron chi connectivity index (χ0n) is 11.0. The van der Waals surface area contributed by atoms with Gasteiger partial charge in [0.1, 0.15) is 5.82 Å². The normalized spacial score (nSPS) is 14.8. The van der Waals surface area contributed by atoms with Crippen LogP contribution in [0.4, 0.5) is 0 Å². The molecule has 4 nitrogen and oxygen atoms in total. The van der Waals surface area contributed by atoms with E-state index in [1.54, 1.807) is 6.26 Å². The van der Waals surface area contributed by atoms with Crippen molar-refractivity contribution < 1.29 is 4.21 Å². The van der Waals surface area contributed by atoms with Crippen molar-refractivity contribution in [2.45, 2.75) is 18.7 Å². The topological polar surface area (TPSA) is 46.9 Å². The van der Waals surface area contributed by atoms with E-state index in [-0.39, 0.29) is 5.25 Å². The van der Waals surface area contributed by atoms with Crippen LogP contribution in [0.25, 0.3) is 11.0 Å². The average molecular weight is 265 g/mol. The van der Waals surface area contributed by atoms with Crippen molar-refractivity contribution in [2.24, 2.45) is 7.05 Å². The van der Waals surface area contributed by atoms with Crippen molar-refractivity contribution in [2.75, 3.05) is 12.8 Å². The molecule has 0 amide bonds. The fraction of sp³-hybridized carbons (Fsp3) is 0.462. The van der Waals surface area contributed by atoms with Gasteiger partial charge in [-0.3, -0.25) is 4.21 Å². The standard InChI is InChI=1S/C13H19N3OS/c1-10(18(3)17)8-14-9-13-15-11-6-4-5-7-12(11)16(13)2/h4-7,10,14H,8-9H2,1-3H3. The molecule has 2 aromatic rings. The summed E-state index contributed by atoms with van der Waals surface area (Å²) in [6.45, 7) is 3.43. The smallest absolute Gasteiger partial charge is 0.123 e. The Labute approximate surface area is 110 Å². The first-order valence-corrected chi connectivity index (χ1v) is 7.65. The molecule has 0 saturated heterocycles. The average Bonchev–Trinajstić information content (AvgIpc) is 2.67. The maximum atomic E-state index is 11.2. The van der Waals surface area contributed by atoms with Gasteiger partial charge in [0.25, 0.3) is 0 Å². The largest absolute Gasteiger partial charge is 0.330 e. The van der Waals surface area contributed by atoms with Crippen molar-refractivity contribution in [1.82, 2.24) is 14.9 Å². The highest BCUT2D eigenvalue weighted by molar-refractivity contribution is 7.84. The van der Waals surface area contributed by atoms with Crippen LogP contribution in [0.3, 0.4) is 0 Å². The van der Waals surface area contributed by atoms with Crippen molar-refractivity contribution in [3.63, 3.8) is 0 Å². The molecule has 0 aliphatic carbocycles. The van der Waals surface area contributed by atoms with Gasteiger partial charge in [-0.25, -0.2) is 4.98 Å². The van der Waals surface area contributed by atoms with Crippen molar-refractivity contribution in [3.8, 4) is 0 Å². The fourth-order valence-electron chi connectivity index (χ4n) is 1.86. The number of benzene rings is 1. The summed E-state index contributed by atoms with van der Waals surface area (Å²) < 4.78 is 13.3. The Morgan fingerprint density at radius 2 is 2.17 bits per heavy atom. The Morgan fingerprint density at radius 3 is 2.83 bits per heavy atom. The van der Waals surface area contributed by atoms with Crippen LogP contribution in [0.1, 0.15) is 12.7 Å². The number of hydrogen-bond donors (Lipinski definition) is 1. The highest BCUT2D eigenvalue weighted by Gasteiger charge is 2.08. The summed E-state index contributed by atoms with van der Waals surface area (Å²) in [4.78, 5) is 4.58. The van der Waals surface area contributed by atoms with Crippen LogP contribution < -0.4 is 5.32 Å². The zero-order chi connectivity index (χ0) is 13.1. The monoisotopic (exact) mass is 265 g/mol. The molecule has 0 saturated carbocycles. The van der Waals surface area contributed by atoms with Gasteiger partial charge in [0, 0.05) is 35.9 Å². The molecule has 0 aliphatic heterocycles. The number of nitrogens with zero attached hydrogens (tertiary/aromatic N) is 2. The van der Waals surface area contributed by atoms with E-state index in [9.17, 15) is 4.21 Å². The summed E-state index contributed by atoms with van der Waals surface area (Å²) >= 11 is 0. The molecule has 2 rings (SSSR count). The molecule has 0 fully saturated rings. The minimum Gasteiger partial charge on any atom is -0.330 e. The van der Waals surface area contributed by atoms with Crippen LogP contribution >= 0.6 is 0 Å². The predicted octanol–water partition coefficient (Wildman–Crippen LogP) is 1.43. The fourth-order valence-corrected chi connectivity index (χ4v) is 2.21. The van der Waals surface area contributed by atoms with E-state index in [4.69, 9.17) is 0 Å². The summed E-state index contributed by atoms with van der Waals surface area (Å²) in [5, 5.41) is 3.47. The van der Waals surface area contributed by atoms with Gasteiger partial charge in [0.15, 0.2) is 0 Å². The summed E-state index contributed by atoms with van der Waals surface area (Å²) in [5.41, 5.74) is 2.16. The van der Waals surface area contributed by atoms with E-state index in [1.165, 1.54) is 0 Å². The van der Waals surface area contributed by atoms with Crippen LogP contribution in [0.5, 0.6) is 0 Å². The predicted molar refractivity (Wildman–Crippen MR) is 75.9 cm³/mol. The van der Waals surface area contributed by atoms with Gasteiger partial charge in [0.2, 0.25) is 0 Å². The molecule has 0 spiro atoms. The third kappa shape index (κ3) is 2.79. The Bertz CT molecular complexity index is 564. The van der Waals surface area contributed by atoms with Crippen LogP contribution in [-0.2, 0) is 24.4 Å². The minimum atomic E-state index is -0.778. The zero-order valence-corrected chi connectivity index (χ0v) is 11.8. The third-order valence-corrected chi connectivity index (χ3v) is 4.46. The lowest BCUT2D eigenvalue weighted by Crippen LogP contribution is -2.28. The van der Waals surface area contributed by atoms with Crippen LogP contribution in [-0.4, -0.2) is 31.8 Å². The Kier molecular flexibility index (Phi) is 4.14.